The Morgan fingerprint density at radius 1 is 1.38 bits per heavy atom. The number of amides is 1. The number of nitrogens with one attached hydrogen (secondary N) is 1. The Bertz CT molecular complexity index is 971. The van der Waals surface area contributed by atoms with Gasteiger partial charge in [-0.3, -0.25) is 4.79 Å². The molecule has 0 fully saturated rings. The highest BCUT2D eigenvalue weighted by Gasteiger charge is 2.09. The maximum atomic E-state index is 12.0. The van der Waals surface area contributed by atoms with Crippen LogP contribution in [0.5, 0.6) is 5.75 Å². The summed E-state index contributed by atoms with van der Waals surface area (Å²) in [6.07, 6.45) is 1.59. The number of hydrazone groups is 1. The van der Waals surface area contributed by atoms with Gasteiger partial charge in [0.15, 0.2) is 5.16 Å². The number of halogens is 1. The van der Waals surface area contributed by atoms with Gasteiger partial charge < -0.3 is 9.30 Å². The van der Waals surface area contributed by atoms with Crippen LogP contribution in [0.1, 0.15) is 5.56 Å². The summed E-state index contributed by atoms with van der Waals surface area (Å²) in [7, 11) is 3.55. The molecule has 3 rings (SSSR count). The average Bonchev–Trinajstić information content (AvgIpc) is 2.96. The van der Waals surface area contributed by atoms with Crippen molar-refractivity contribution in [2.75, 3.05) is 12.9 Å². The number of rotatable bonds is 6. The lowest BCUT2D eigenvalue weighted by Crippen LogP contribution is -2.19. The molecular formula is C18H17BrN4O2S. The standard InChI is InChI=1S/C18H17BrN4O2S/c1-23-15-6-4-3-5-14(15)21-18(23)26-11-17(24)22-20-10-12-7-8-16(25-2)13(19)9-12/h3-10H,11H2,1-2H3,(H,22,24)/b20-10-. The SMILES string of the molecule is COc1ccc(/C=N\NC(=O)CSc2nc3ccccc3n2C)cc1Br. The third-order valence-electron chi connectivity index (χ3n) is 3.66. The molecule has 1 heterocycles. The molecule has 0 saturated carbocycles. The van der Waals surface area contributed by atoms with E-state index in [9.17, 15) is 4.79 Å². The Hall–Kier alpha value is -2.32. The number of aryl methyl sites for hydroxylation is 1. The first kappa shape index (κ1) is 18.5. The fourth-order valence-corrected chi connectivity index (χ4v) is 3.69. The zero-order chi connectivity index (χ0) is 18.5. The maximum absolute atomic E-state index is 12.0. The molecule has 0 aliphatic carbocycles. The quantitative estimate of drug-likeness (QED) is 0.367. The van der Waals surface area contributed by atoms with E-state index in [4.69, 9.17) is 4.74 Å². The minimum atomic E-state index is -0.189. The van der Waals surface area contributed by atoms with Crippen LogP contribution >= 0.6 is 27.7 Å². The molecule has 0 atom stereocenters. The Balaban J connectivity index is 1.55. The topological polar surface area (TPSA) is 68.5 Å². The molecule has 0 radical (unpaired) electrons. The number of carbonyl (C=O) groups excluding carboxylic acids is 1. The highest BCUT2D eigenvalue weighted by Crippen LogP contribution is 2.25. The van der Waals surface area contributed by atoms with E-state index in [1.54, 1.807) is 13.3 Å². The summed E-state index contributed by atoms with van der Waals surface area (Å²) in [5.41, 5.74) is 5.33. The first-order valence-corrected chi connectivity index (χ1v) is 9.56. The van der Waals surface area contributed by atoms with Gasteiger partial charge in [0, 0.05) is 7.05 Å². The summed E-state index contributed by atoms with van der Waals surface area (Å²) in [6, 6.07) is 13.4. The number of benzene rings is 2. The summed E-state index contributed by atoms with van der Waals surface area (Å²) in [5.74, 6) is 0.789. The van der Waals surface area contributed by atoms with E-state index in [0.29, 0.717) is 0 Å². The third kappa shape index (κ3) is 4.25. The first-order valence-electron chi connectivity index (χ1n) is 7.78. The third-order valence-corrected chi connectivity index (χ3v) is 5.31. The highest BCUT2D eigenvalue weighted by atomic mass is 79.9. The molecule has 26 heavy (non-hydrogen) atoms. The number of para-hydroxylation sites is 2. The molecule has 0 unspecified atom stereocenters. The van der Waals surface area contributed by atoms with E-state index in [2.05, 4.69) is 31.4 Å². The van der Waals surface area contributed by atoms with E-state index in [-0.39, 0.29) is 11.7 Å². The Kier molecular flexibility index (Phi) is 5.95. The number of imidazole rings is 1. The molecular weight excluding hydrogens is 416 g/mol. The maximum Gasteiger partial charge on any atom is 0.250 e. The van der Waals surface area contributed by atoms with Crippen molar-refractivity contribution in [1.29, 1.82) is 0 Å². The number of fused-ring (bicyclic) bond motifs is 1. The zero-order valence-electron chi connectivity index (χ0n) is 14.3. The van der Waals surface area contributed by atoms with Crippen LogP contribution < -0.4 is 10.2 Å². The van der Waals surface area contributed by atoms with Crippen LogP contribution in [-0.2, 0) is 11.8 Å². The molecule has 0 bridgehead atoms. The summed E-state index contributed by atoms with van der Waals surface area (Å²) in [5, 5.41) is 4.78. The number of hydrogen-bond donors (Lipinski definition) is 1. The molecule has 1 amide bonds. The van der Waals surface area contributed by atoms with Crippen LogP contribution in [0, 0.1) is 0 Å². The lowest BCUT2D eigenvalue weighted by molar-refractivity contribution is -0.118. The van der Waals surface area contributed by atoms with Crippen molar-refractivity contribution < 1.29 is 9.53 Å². The molecule has 8 heteroatoms. The van der Waals surface area contributed by atoms with E-state index in [1.807, 2.05) is 54.1 Å². The van der Waals surface area contributed by atoms with Crippen molar-refractivity contribution in [3.05, 3.63) is 52.5 Å². The number of nitrogens with zero attached hydrogens (tertiary/aromatic N) is 3. The molecule has 6 nitrogen and oxygen atoms in total. The van der Waals surface area contributed by atoms with Gasteiger partial charge >= 0.3 is 0 Å². The molecule has 1 aromatic heterocycles. The van der Waals surface area contributed by atoms with Crippen molar-refractivity contribution in [3.63, 3.8) is 0 Å². The molecule has 3 aromatic rings. The van der Waals surface area contributed by atoms with Crippen LogP contribution in [-0.4, -0.2) is 34.5 Å². The smallest absolute Gasteiger partial charge is 0.250 e. The minimum absolute atomic E-state index is 0.189. The number of carbonyl (C=O) groups is 1. The van der Waals surface area contributed by atoms with Crippen LogP contribution in [0.4, 0.5) is 0 Å². The molecule has 2 aromatic carbocycles. The second-order valence-electron chi connectivity index (χ2n) is 5.42. The fourth-order valence-electron chi connectivity index (χ4n) is 2.36. The van der Waals surface area contributed by atoms with Gasteiger partial charge in [-0.2, -0.15) is 5.10 Å². The Morgan fingerprint density at radius 3 is 2.92 bits per heavy atom. The van der Waals surface area contributed by atoms with Crippen molar-refractivity contribution in [2.24, 2.45) is 12.1 Å². The van der Waals surface area contributed by atoms with Gasteiger partial charge in [0.25, 0.3) is 5.91 Å². The van der Waals surface area contributed by atoms with Gasteiger partial charge in [0.2, 0.25) is 0 Å². The summed E-state index contributed by atoms with van der Waals surface area (Å²) >= 11 is 4.79. The zero-order valence-corrected chi connectivity index (χ0v) is 16.7. The molecule has 134 valence electrons. The van der Waals surface area contributed by atoms with Crippen molar-refractivity contribution in [3.8, 4) is 5.75 Å². The number of ether oxygens (including phenoxy) is 1. The Morgan fingerprint density at radius 2 is 2.19 bits per heavy atom. The van der Waals surface area contributed by atoms with Crippen molar-refractivity contribution in [2.45, 2.75) is 5.16 Å². The number of thioether (sulfide) groups is 1. The van der Waals surface area contributed by atoms with Crippen LogP contribution in [0.25, 0.3) is 11.0 Å². The van der Waals surface area contributed by atoms with Crippen LogP contribution in [0.15, 0.2) is 57.2 Å². The minimum Gasteiger partial charge on any atom is -0.496 e. The molecule has 1 N–H and O–H groups in total. The van der Waals surface area contributed by atoms with Gasteiger partial charge in [0.1, 0.15) is 5.75 Å². The van der Waals surface area contributed by atoms with E-state index < -0.39 is 0 Å². The van der Waals surface area contributed by atoms with Crippen molar-refractivity contribution in [1.82, 2.24) is 15.0 Å². The largest absolute Gasteiger partial charge is 0.496 e. The van der Waals surface area contributed by atoms with Crippen LogP contribution in [0.3, 0.4) is 0 Å². The number of methoxy groups -OCH3 is 1. The normalized spacial score (nSPS) is 11.2. The molecule has 0 aliphatic rings. The van der Waals surface area contributed by atoms with E-state index in [0.717, 1.165) is 32.0 Å². The summed E-state index contributed by atoms with van der Waals surface area (Å²) in [4.78, 5) is 16.5. The first-order chi connectivity index (χ1) is 12.6. The van der Waals surface area contributed by atoms with Gasteiger partial charge in [-0.05, 0) is 51.8 Å². The molecule has 0 saturated heterocycles. The van der Waals surface area contributed by atoms with Crippen molar-refractivity contribution >= 4 is 50.8 Å². The number of aromatic nitrogens is 2. The number of hydrogen-bond acceptors (Lipinski definition) is 5. The predicted molar refractivity (Wildman–Crippen MR) is 108 cm³/mol. The van der Waals surface area contributed by atoms with Gasteiger partial charge in [-0.15, -0.1) is 0 Å². The summed E-state index contributed by atoms with van der Waals surface area (Å²) < 4.78 is 7.98. The second-order valence-corrected chi connectivity index (χ2v) is 7.21. The predicted octanol–water partition coefficient (Wildman–Crippen LogP) is 3.59. The monoisotopic (exact) mass is 432 g/mol. The van der Waals surface area contributed by atoms with E-state index >= 15 is 0 Å². The fraction of sp³-hybridized carbons (Fsp3) is 0.167. The second kappa shape index (κ2) is 8.37. The van der Waals surface area contributed by atoms with Gasteiger partial charge in [-0.1, -0.05) is 23.9 Å². The van der Waals surface area contributed by atoms with Gasteiger partial charge in [-0.25, -0.2) is 10.4 Å². The summed E-state index contributed by atoms with van der Waals surface area (Å²) in [6.45, 7) is 0. The molecule has 0 spiro atoms. The average molecular weight is 433 g/mol. The van der Waals surface area contributed by atoms with Crippen LogP contribution in [0.2, 0.25) is 0 Å². The Labute approximate surface area is 163 Å². The van der Waals surface area contributed by atoms with E-state index in [1.165, 1.54) is 11.8 Å². The van der Waals surface area contributed by atoms with Gasteiger partial charge in [0.05, 0.1) is 34.6 Å². The highest BCUT2D eigenvalue weighted by molar-refractivity contribution is 9.10. The lowest BCUT2D eigenvalue weighted by atomic mass is 10.2. The molecule has 0 aliphatic heterocycles. The lowest BCUT2D eigenvalue weighted by Gasteiger charge is -2.03.